The topological polar surface area (TPSA) is 62.6 Å². The van der Waals surface area contributed by atoms with Gasteiger partial charge in [-0.2, -0.15) is 0 Å². The number of imidazole rings is 1. The first-order chi connectivity index (χ1) is 11.7. The van der Waals surface area contributed by atoms with Crippen LogP contribution in [0.25, 0.3) is 0 Å². The van der Waals surface area contributed by atoms with E-state index in [9.17, 15) is 4.79 Å². The maximum absolute atomic E-state index is 12.0. The van der Waals surface area contributed by atoms with Crippen molar-refractivity contribution in [2.75, 3.05) is 52.4 Å². The maximum Gasteiger partial charge on any atom is 0.234 e. The monoisotopic (exact) mass is 335 g/mol. The van der Waals surface area contributed by atoms with Gasteiger partial charge in [0.05, 0.1) is 12.6 Å². The van der Waals surface area contributed by atoms with Crippen LogP contribution in [0.4, 0.5) is 0 Å². The van der Waals surface area contributed by atoms with Crippen molar-refractivity contribution in [1.82, 2.24) is 24.7 Å². The maximum atomic E-state index is 12.0. The van der Waals surface area contributed by atoms with Gasteiger partial charge in [0.15, 0.2) is 0 Å². The van der Waals surface area contributed by atoms with Gasteiger partial charge in [-0.25, -0.2) is 4.98 Å². The standard InChI is InChI=1S/C17H29N5O2/c1-15-18-4-5-22(15)11-10-20-6-8-21(9-7-20)14-17(23)19-13-16-3-2-12-24-16/h4-5,16H,2-3,6-14H2,1H3,(H,19,23). The molecule has 1 unspecified atom stereocenters. The lowest BCUT2D eigenvalue weighted by Gasteiger charge is -2.34. The number of ether oxygens (including phenoxy) is 1. The largest absolute Gasteiger partial charge is 0.376 e. The van der Waals surface area contributed by atoms with Gasteiger partial charge in [-0.3, -0.25) is 14.6 Å². The van der Waals surface area contributed by atoms with Crippen molar-refractivity contribution in [3.63, 3.8) is 0 Å². The molecule has 0 bridgehead atoms. The van der Waals surface area contributed by atoms with E-state index in [1.165, 1.54) is 0 Å². The second-order valence-corrected chi connectivity index (χ2v) is 6.72. The van der Waals surface area contributed by atoms with Gasteiger partial charge >= 0.3 is 0 Å². The van der Waals surface area contributed by atoms with Crippen LogP contribution < -0.4 is 5.32 Å². The number of hydrogen-bond donors (Lipinski definition) is 1. The van der Waals surface area contributed by atoms with Gasteiger partial charge in [-0.05, 0) is 19.8 Å². The zero-order valence-electron chi connectivity index (χ0n) is 14.6. The Morgan fingerprint density at radius 1 is 1.29 bits per heavy atom. The van der Waals surface area contributed by atoms with E-state index in [0.717, 1.165) is 64.5 Å². The SMILES string of the molecule is Cc1nccn1CCN1CCN(CC(=O)NCC2CCCO2)CC1. The molecular weight excluding hydrogens is 306 g/mol. The molecule has 0 aliphatic carbocycles. The third-order valence-corrected chi connectivity index (χ3v) is 4.96. The summed E-state index contributed by atoms with van der Waals surface area (Å²) in [4.78, 5) is 21.0. The molecule has 0 aromatic carbocycles. The molecule has 0 spiro atoms. The van der Waals surface area contributed by atoms with Gasteiger partial charge in [0, 0.05) is 64.8 Å². The van der Waals surface area contributed by atoms with Gasteiger partial charge in [0.1, 0.15) is 5.82 Å². The molecule has 0 saturated carbocycles. The third-order valence-electron chi connectivity index (χ3n) is 4.96. The van der Waals surface area contributed by atoms with Crippen molar-refractivity contribution in [3.05, 3.63) is 18.2 Å². The lowest BCUT2D eigenvalue weighted by atomic mass is 10.2. The predicted molar refractivity (Wildman–Crippen MR) is 91.8 cm³/mol. The van der Waals surface area contributed by atoms with E-state index in [1.807, 2.05) is 19.3 Å². The van der Waals surface area contributed by atoms with Crippen LogP contribution in [0, 0.1) is 6.92 Å². The summed E-state index contributed by atoms with van der Waals surface area (Å²) in [6.07, 6.45) is 6.28. The van der Waals surface area contributed by atoms with Crippen LogP contribution in [0.2, 0.25) is 0 Å². The van der Waals surface area contributed by atoms with Gasteiger partial charge in [-0.15, -0.1) is 0 Å². The first-order valence-corrected chi connectivity index (χ1v) is 9.01. The van der Waals surface area contributed by atoms with Crippen molar-refractivity contribution in [2.45, 2.75) is 32.4 Å². The van der Waals surface area contributed by atoms with E-state index < -0.39 is 0 Å². The summed E-state index contributed by atoms with van der Waals surface area (Å²) >= 11 is 0. The van der Waals surface area contributed by atoms with Crippen molar-refractivity contribution in [3.8, 4) is 0 Å². The first-order valence-electron chi connectivity index (χ1n) is 9.01. The second kappa shape index (κ2) is 8.60. The van der Waals surface area contributed by atoms with Crippen molar-refractivity contribution >= 4 is 5.91 Å². The number of amides is 1. The van der Waals surface area contributed by atoms with Crippen molar-refractivity contribution in [1.29, 1.82) is 0 Å². The summed E-state index contributed by atoms with van der Waals surface area (Å²) < 4.78 is 7.72. The molecule has 7 heteroatoms. The molecule has 0 radical (unpaired) electrons. The van der Waals surface area contributed by atoms with E-state index in [2.05, 4.69) is 24.7 Å². The Balaban J connectivity index is 1.30. The lowest BCUT2D eigenvalue weighted by molar-refractivity contribution is -0.123. The summed E-state index contributed by atoms with van der Waals surface area (Å²) in [5.74, 6) is 1.18. The average Bonchev–Trinajstić information content (AvgIpc) is 3.24. The number of rotatable bonds is 7. The number of carbonyl (C=O) groups excluding carboxylic acids is 1. The zero-order chi connectivity index (χ0) is 16.8. The minimum atomic E-state index is 0.119. The Hall–Kier alpha value is -1.44. The van der Waals surface area contributed by atoms with Crippen LogP contribution in [0.5, 0.6) is 0 Å². The Kier molecular flexibility index (Phi) is 6.23. The summed E-state index contributed by atoms with van der Waals surface area (Å²) in [7, 11) is 0. The molecule has 24 heavy (non-hydrogen) atoms. The normalized spacial score (nSPS) is 22.8. The fraction of sp³-hybridized carbons (Fsp3) is 0.765. The van der Waals surface area contributed by atoms with Gasteiger partial charge in [0.2, 0.25) is 5.91 Å². The molecule has 2 aliphatic rings. The Labute approximate surface area is 144 Å². The van der Waals surface area contributed by atoms with Crippen LogP contribution >= 0.6 is 0 Å². The van der Waals surface area contributed by atoms with Crippen LogP contribution in [0.15, 0.2) is 12.4 Å². The number of nitrogens with zero attached hydrogens (tertiary/aromatic N) is 4. The lowest BCUT2D eigenvalue weighted by Crippen LogP contribution is -2.50. The molecule has 2 saturated heterocycles. The minimum Gasteiger partial charge on any atom is -0.376 e. The van der Waals surface area contributed by atoms with E-state index in [-0.39, 0.29) is 12.0 Å². The average molecular weight is 335 g/mol. The fourth-order valence-electron chi connectivity index (χ4n) is 3.35. The first kappa shape index (κ1) is 17.4. The van der Waals surface area contributed by atoms with Gasteiger partial charge < -0.3 is 14.6 Å². The molecule has 1 N–H and O–H groups in total. The molecule has 3 rings (SSSR count). The minimum absolute atomic E-state index is 0.119. The molecule has 1 amide bonds. The molecular formula is C17H29N5O2. The second-order valence-electron chi connectivity index (χ2n) is 6.72. The van der Waals surface area contributed by atoms with E-state index in [0.29, 0.717) is 13.1 Å². The highest BCUT2D eigenvalue weighted by molar-refractivity contribution is 5.78. The quantitative estimate of drug-likeness (QED) is 0.766. The highest BCUT2D eigenvalue weighted by Gasteiger charge is 2.20. The number of hydrogen-bond acceptors (Lipinski definition) is 5. The highest BCUT2D eigenvalue weighted by atomic mass is 16.5. The molecule has 1 aromatic heterocycles. The highest BCUT2D eigenvalue weighted by Crippen LogP contribution is 2.10. The van der Waals surface area contributed by atoms with Crippen LogP contribution in [0.1, 0.15) is 18.7 Å². The Morgan fingerprint density at radius 3 is 2.75 bits per heavy atom. The van der Waals surface area contributed by atoms with E-state index in [1.54, 1.807) is 0 Å². The zero-order valence-corrected chi connectivity index (χ0v) is 14.6. The Morgan fingerprint density at radius 2 is 2.08 bits per heavy atom. The fourth-order valence-corrected chi connectivity index (χ4v) is 3.35. The number of carbonyl (C=O) groups is 1. The third kappa shape index (κ3) is 5.03. The summed E-state index contributed by atoms with van der Waals surface area (Å²) in [6, 6.07) is 0. The number of piperazine rings is 1. The predicted octanol–water partition coefficient (Wildman–Crippen LogP) is 0.104. The van der Waals surface area contributed by atoms with Gasteiger partial charge in [0.25, 0.3) is 0 Å². The Bertz CT molecular complexity index is 519. The molecule has 134 valence electrons. The van der Waals surface area contributed by atoms with Crippen molar-refractivity contribution < 1.29 is 9.53 Å². The molecule has 3 heterocycles. The number of aromatic nitrogens is 2. The van der Waals surface area contributed by atoms with E-state index in [4.69, 9.17) is 4.74 Å². The molecule has 2 aliphatic heterocycles. The molecule has 7 nitrogen and oxygen atoms in total. The number of aryl methyl sites for hydroxylation is 1. The van der Waals surface area contributed by atoms with Crippen LogP contribution in [0.3, 0.4) is 0 Å². The number of nitrogens with one attached hydrogen (secondary N) is 1. The van der Waals surface area contributed by atoms with Crippen LogP contribution in [-0.4, -0.2) is 83.8 Å². The molecule has 2 fully saturated rings. The van der Waals surface area contributed by atoms with Crippen LogP contribution in [-0.2, 0) is 16.1 Å². The summed E-state index contributed by atoms with van der Waals surface area (Å²) in [5.41, 5.74) is 0. The van der Waals surface area contributed by atoms with E-state index >= 15 is 0 Å². The smallest absolute Gasteiger partial charge is 0.234 e. The van der Waals surface area contributed by atoms with Crippen molar-refractivity contribution in [2.24, 2.45) is 0 Å². The summed E-state index contributed by atoms with van der Waals surface area (Å²) in [5, 5.41) is 3.00. The molecule has 1 atom stereocenters. The van der Waals surface area contributed by atoms with Gasteiger partial charge in [-0.1, -0.05) is 0 Å². The molecule has 1 aromatic rings. The summed E-state index contributed by atoms with van der Waals surface area (Å²) in [6.45, 7) is 9.99.